The monoisotopic (exact) mass is 361 g/mol. The SMILES string of the molecule is COc1cc(CNCCC(C)C)c(Cl)cc1OCc1cccc(C)c1. The van der Waals surface area contributed by atoms with Gasteiger partial charge in [-0.25, -0.2) is 0 Å². The van der Waals surface area contributed by atoms with Crippen LogP contribution in [-0.4, -0.2) is 13.7 Å². The van der Waals surface area contributed by atoms with E-state index < -0.39 is 0 Å². The van der Waals surface area contributed by atoms with Gasteiger partial charge >= 0.3 is 0 Å². The number of rotatable bonds is 9. The Hall–Kier alpha value is -1.71. The first-order chi connectivity index (χ1) is 12.0. The largest absolute Gasteiger partial charge is 0.493 e. The summed E-state index contributed by atoms with van der Waals surface area (Å²) in [5.74, 6) is 2.06. The molecule has 4 heteroatoms. The molecule has 2 rings (SSSR count). The topological polar surface area (TPSA) is 30.5 Å². The van der Waals surface area contributed by atoms with Crippen LogP contribution in [-0.2, 0) is 13.2 Å². The second-order valence-electron chi connectivity index (χ2n) is 6.73. The summed E-state index contributed by atoms with van der Waals surface area (Å²) in [7, 11) is 1.65. The zero-order valence-electron chi connectivity index (χ0n) is 15.6. The standard InChI is InChI=1S/C21H28ClNO2/c1-15(2)8-9-23-13-18-11-20(24-4)21(12-19(18)22)25-14-17-7-5-6-16(3)10-17/h5-7,10-12,15,23H,8-9,13-14H2,1-4H3. The third kappa shape index (κ3) is 6.26. The minimum absolute atomic E-state index is 0.486. The van der Waals surface area contributed by atoms with Crippen LogP contribution >= 0.6 is 11.6 Å². The Bertz CT molecular complexity index is 686. The average Bonchev–Trinajstić information content (AvgIpc) is 2.58. The fraction of sp³-hybridized carbons (Fsp3) is 0.429. The van der Waals surface area contributed by atoms with E-state index in [1.165, 1.54) is 5.56 Å². The Morgan fingerprint density at radius 2 is 1.92 bits per heavy atom. The number of benzene rings is 2. The summed E-state index contributed by atoms with van der Waals surface area (Å²) in [6.07, 6.45) is 1.15. The van der Waals surface area contributed by atoms with Crippen molar-refractivity contribution >= 4 is 11.6 Å². The second-order valence-corrected chi connectivity index (χ2v) is 7.14. The summed E-state index contributed by atoms with van der Waals surface area (Å²) in [4.78, 5) is 0. The molecule has 136 valence electrons. The molecule has 0 saturated carbocycles. The normalized spacial score (nSPS) is 11.0. The Kier molecular flexibility index (Phi) is 7.60. The van der Waals surface area contributed by atoms with Crippen molar-refractivity contribution in [3.63, 3.8) is 0 Å². The Labute approximate surface area is 156 Å². The highest BCUT2D eigenvalue weighted by Gasteiger charge is 2.11. The number of nitrogens with one attached hydrogen (secondary N) is 1. The first-order valence-corrected chi connectivity index (χ1v) is 9.13. The number of methoxy groups -OCH3 is 1. The summed E-state index contributed by atoms with van der Waals surface area (Å²) >= 11 is 6.43. The summed E-state index contributed by atoms with van der Waals surface area (Å²) in [5, 5.41) is 4.12. The van der Waals surface area contributed by atoms with Gasteiger partial charge in [0.05, 0.1) is 7.11 Å². The summed E-state index contributed by atoms with van der Waals surface area (Å²) in [6.45, 7) is 8.69. The summed E-state index contributed by atoms with van der Waals surface area (Å²) in [5.41, 5.74) is 3.36. The number of halogens is 1. The van der Waals surface area contributed by atoms with Crippen LogP contribution in [0.5, 0.6) is 11.5 Å². The number of aryl methyl sites for hydroxylation is 1. The molecule has 0 bridgehead atoms. The summed E-state index contributed by atoms with van der Waals surface area (Å²) in [6, 6.07) is 12.1. The number of hydrogen-bond donors (Lipinski definition) is 1. The van der Waals surface area contributed by atoms with Crippen LogP contribution in [0, 0.1) is 12.8 Å². The van der Waals surface area contributed by atoms with E-state index in [1.54, 1.807) is 7.11 Å². The second kappa shape index (κ2) is 9.69. The fourth-order valence-electron chi connectivity index (χ4n) is 2.56. The molecule has 0 heterocycles. The van der Waals surface area contributed by atoms with Crippen molar-refractivity contribution in [3.05, 3.63) is 58.1 Å². The van der Waals surface area contributed by atoms with Crippen molar-refractivity contribution in [1.82, 2.24) is 5.32 Å². The Morgan fingerprint density at radius 3 is 2.60 bits per heavy atom. The van der Waals surface area contributed by atoms with E-state index in [0.717, 1.165) is 30.6 Å². The predicted octanol–water partition coefficient (Wildman–Crippen LogP) is 5.37. The highest BCUT2D eigenvalue weighted by molar-refractivity contribution is 6.31. The van der Waals surface area contributed by atoms with Crippen molar-refractivity contribution < 1.29 is 9.47 Å². The van der Waals surface area contributed by atoms with Gasteiger partial charge in [0.25, 0.3) is 0 Å². The lowest BCUT2D eigenvalue weighted by Crippen LogP contribution is -2.16. The summed E-state index contributed by atoms with van der Waals surface area (Å²) < 4.78 is 11.4. The first kappa shape index (κ1) is 19.6. The smallest absolute Gasteiger partial charge is 0.163 e. The molecule has 0 aromatic heterocycles. The molecular formula is C21H28ClNO2. The van der Waals surface area contributed by atoms with Gasteiger partial charge in [-0.1, -0.05) is 55.3 Å². The Balaban J connectivity index is 2.02. The number of hydrogen-bond acceptors (Lipinski definition) is 3. The van der Waals surface area contributed by atoms with Crippen LogP contribution in [0.25, 0.3) is 0 Å². The maximum Gasteiger partial charge on any atom is 0.163 e. The van der Waals surface area contributed by atoms with Crippen LogP contribution in [0.1, 0.15) is 37.0 Å². The zero-order valence-corrected chi connectivity index (χ0v) is 16.3. The minimum atomic E-state index is 0.486. The van der Waals surface area contributed by atoms with E-state index >= 15 is 0 Å². The lowest BCUT2D eigenvalue weighted by atomic mass is 10.1. The van der Waals surface area contributed by atoms with E-state index in [-0.39, 0.29) is 0 Å². The predicted molar refractivity (Wildman–Crippen MR) is 105 cm³/mol. The van der Waals surface area contributed by atoms with E-state index in [0.29, 0.717) is 29.0 Å². The third-order valence-electron chi connectivity index (χ3n) is 4.02. The molecule has 0 saturated heterocycles. The lowest BCUT2D eigenvalue weighted by molar-refractivity contribution is 0.284. The van der Waals surface area contributed by atoms with Crippen molar-refractivity contribution in [1.29, 1.82) is 0 Å². The lowest BCUT2D eigenvalue weighted by Gasteiger charge is -2.15. The molecular weight excluding hydrogens is 334 g/mol. The molecule has 0 unspecified atom stereocenters. The van der Waals surface area contributed by atoms with Crippen LogP contribution in [0.2, 0.25) is 5.02 Å². The van der Waals surface area contributed by atoms with Gasteiger partial charge in [0.15, 0.2) is 11.5 Å². The van der Waals surface area contributed by atoms with Gasteiger partial charge in [-0.15, -0.1) is 0 Å². The van der Waals surface area contributed by atoms with Crippen molar-refractivity contribution in [2.75, 3.05) is 13.7 Å². The van der Waals surface area contributed by atoms with Crippen LogP contribution < -0.4 is 14.8 Å². The molecule has 2 aromatic carbocycles. The average molecular weight is 362 g/mol. The van der Waals surface area contributed by atoms with Gasteiger partial charge in [-0.3, -0.25) is 0 Å². The third-order valence-corrected chi connectivity index (χ3v) is 4.38. The molecule has 25 heavy (non-hydrogen) atoms. The van der Waals surface area contributed by atoms with E-state index in [1.807, 2.05) is 24.3 Å². The van der Waals surface area contributed by atoms with E-state index in [2.05, 4.69) is 38.2 Å². The number of ether oxygens (including phenoxy) is 2. The van der Waals surface area contributed by atoms with Gasteiger partial charge in [-0.05, 0) is 43.0 Å². The van der Waals surface area contributed by atoms with Crippen molar-refractivity contribution in [2.24, 2.45) is 5.92 Å². The molecule has 0 aliphatic rings. The zero-order chi connectivity index (χ0) is 18.2. The van der Waals surface area contributed by atoms with Gasteiger partial charge in [-0.2, -0.15) is 0 Å². The molecule has 0 amide bonds. The molecule has 0 spiro atoms. The molecule has 0 aliphatic heterocycles. The first-order valence-electron chi connectivity index (χ1n) is 8.75. The molecule has 0 radical (unpaired) electrons. The van der Waals surface area contributed by atoms with Crippen molar-refractivity contribution in [2.45, 2.75) is 40.3 Å². The van der Waals surface area contributed by atoms with Gasteiger partial charge in [0.1, 0.15) is 6.61 Å². The molecule has 3 nitrogen and oxygen atoms in total. The van der Waals surface area contributed by atoms with Crippen molar-refractivity contribution in [3.8, 4) is 11.5 Å². The molecule has 0 atom stereocenters. The molecule has 1 N–H and O–H groups in total. The van der Waals surface area contributed by atoms with Crippen LogP contribution in [0.4, 0.5) is 0 Å². The maximum absolute atomic E-state index is 6.43. The van der Waals surface area contributed by atoms with Gasteiger partial charge < -0.3 is 14.8 Å². The van der Waals surface area contributed by atoms with E-state index in [9.17, 15) is 0 Å². The maximum atomic E-state index is 6.43. The van der Waals surface area contributed by atoms with Crippen LogP contribution in [0.3, 0.4) is 0 Å². The van der Waals surface area contributed by atoms with Gasteiger partial charge in [0.2, 0.25) is 0 Å². The highest BCUT2D eigenvalue weighted by Crippen LogP contribution is 2.34. The van der Waals surface area contributed by atoms with Gasteiger partial charge in [0, 0.05) is 17.6 Å². The highest BCUT2D eigenvalue weighted by atomic mass is 35.5. The minimum Gasteiger partial charge on any atom is -0.493 e. The fourth-order valence-corrected chi connectivity index (χ4v) is 2.78. The molecule has 0 fully saturated rings. The molecule has 0 aliphatic carbocycles. The Morgan fingerprint density at radius 1 is 1.12 bits per heavy atom. The van der Waals surface area contributed by atoms with E-state index in [4.69, 9.17) is 21.1 Å². The molecule has 2 aromatic rings. The quantitative estimate of drug-likeness (QED) is 0.609. The van der Waals surface area contributed by atoms with Crippen LogP contribution in [0.15, 0.2) is 36.4 Å².